The molecule has 7 heteroatoms. The quantitative estimate of drug-likeness (QED) is 0.612. The summed E-state index contributed by atoms with van der Waals surface area (Å²) in [6, 6.07) is 10.6. The van der Waals surface area contributed by atoms with Crippen LogP contribution < -0.4 is 5.69 Å². The number of aromatic nitrogens is 4. The Morgan fingerprint density at radius 3 is 2.54 bits per heavy atom. The summed E-state index contributed by atoms with van der Waals surface area (Å²) in [6.07, 6.45) is 6.65. The third-order valence-electron chi connectivity index (χ3n) is 4.17. The van der Waals surface area contributed by atoms with Gasteiger partial charge in [0.15, 0.2) is 0 Å². The van der Waals surface area contributed by atoms with Gasteiger partial charge < -0.3 is 0 Å². The Labute approximate surface area is 147 Å². The Morgan fingerprint density at radius 2 is 1.81 bits per heavy atom. The van der Waals surface area contributed by atoms with E-state index in [1.165, 1.54) is 9.13 Å². The van der Waals surface area contributed by atoms with Gasteiger partial charge in [-0.1, -0.05) is 12.1 Å². The van der Waals surface area contributed by atoms with Gasteiger partial charge in [0, 0.05) is 29.7 Å². The molecule has 2 heterocycles. The van der Waals surface area contributed by atoms with Crippen molar-refractivity contribution in [3.05, 3.63) is 94.9 Å². The van der Waals surface area contributed by atoms with Gasteiger partial charge in [0.25, 0.3) is 0 Å². The molecule has 0 aliphatic carbocycles. The topological polar surface area (TPSA) is 55.6 Å². The Kier molecular flexibility index (Phi) is 3.96. The third kappa shape index (κ3) is 2.95. The van der Waals surface area contributed by atoms with Crippen LogP contribution >= 0.6 is 0 Å². The van der Waals surface area contributed by atoms with Crippen LogP contribution in [0, 0.1) is 11.6 Å². The molecular formula is C19H14F2N4O. The van der Waals surface area contributed by atoms with Gasteiger partial charge in [-0.15, -0.1) is 0 Å². The minimum atomic E-state index is -0.546. The third-order valence-corrected chi connectivity index (χ3v) is 4.17. The predicted octanol–water partition coefficient (Wildman–Crippen LogP) is 3.36. The number of H-pyrrole nitrogens is 1. The molecule has 0 spiro atoms. The van der Waals surface area contributed by atoms with E-state index in [0.29, 0.717) is 5.69 Å². The summed E-state index contributed by atoms with van der Waals surface area (Å²) in [5, 5.41) is 6.66. The van der Waals surface area contributed by atoms with Crippen LogP contribution in [0.1, 0.15) is 5.56 Å². The largest absolute Gasteiger partial charge is 0.333 e. The van der Waals surface area contributed by atoms with Crippen molar-refractivity contribution in [3.63, 3.8) is 0 Å². The zero-order valence-electron chi connectivity index (χ0n) is 13.6. The maximum absolute atomic E-state index is 13.8. The van der Waals surface area contributed by atoms with Crippen molar-refractivity contribution in [2.75, 3.05) is 0 Å². The summed E-state index contributed by atoms with van der Waals surface area (Å²) in [6.45, 7) is -0.0392. The Morgan fingerprint density at radius 1 is 1.00 bits per heavy atom. The van der Waals surface area contributed by atoms with E-state index < -0.39 is 11.6 Å². The molecule has 0 amide bonds. The summed E-state index contributed by atoms with van der Waals surface area (Å²) < 4.78 is 29.9. The van der Waals surface area contributed by atoms with Gasteiger partial charge in [0.2, 0.25) is 0 Å². The second-order valence-electron chi connectivity index (χ2n) is 5.85. The van der Waals surface area contributed by atoms with Crippen molar-refractivity contribution < 1.29 is 8.78 Å². The number of aromatic amines is 1. The van der Waals surface area contributed by atoms with E-state index in [1.54, 1.807) is 24.8 Å². The summed E-state index contributed by atoms with van der Waals surface area (Å²) in [4.78, 5) is 12.6. The van der Waals surface area contributed by atoms with Crippen LogP contribution in [0.3, 0.4) is 0 Å². The second-order valence-corrected chi connectivity index (χ2v) is 5.85. The minimum absolute atomic E-state index is 0.0392. The molecule has 4 rings (SSSR count). The van der Waals surface area contributed by atoms with Gasteiger partial charge in [-0.25, -0.2) is 13.6 Å². The number of nitrogens with one attached hydrogen (secondary N) is 1. The summed E-state index contributed by atoms with van der Waals surface area (Å²) >= 11 is 0. The SMILES string of the molecule is O=c1n(Cc2cc(F)ccc2F)ccn1-c1ccc(-c2cn[nH]c2)cc1. The van der Waals surface area contributed by atoms with E-state index in [2.05, 4.69) is 10.2 Å². The number of hydrogen-bond acceptors (Lipinski definition) is 2. The molecular weight excluding hydrogens is 338 g/mol. The van der Waals surface area contributed by atoms with E-state index in [1.807, 2.05) is 24.3 Å². The number of imidazole rings is 1. The normalized spacial score (nSPS) is 11.0. The molecule has 0 saturated carbocycles. The van der Waals surface area contributed by atoms with Crippen LogP contribution in [-0.4, -0.2) is 19.3 Å². The summed E-state index contributed by atoms with van der Waals surface area (Å²) in [5.41, 5.74) is 2.39. The van der Waals surface area contributed by atoms with E-state index in [9.17, 15) is 13.6 Å². The number of hydrogen-bond donors (Lipinski definition) is 1. The van der Waals surface area contributed by atoms with Gasteiger partial charge in [-0.05, 0) is 35.9 Å². The molecule has 0 fully saturated rings. The molecule has 0 aliphatic heterocycles. The maximum Gasteiger partial charge on any atom is 0.333 e. The molecule has 0 atom stereocenters. The monoisotopic (exact) mass is 352 g/mol. The molecule has 0 aliphatic rings. The average Bonchev–Trinajstić information content (AvgIpc) is 3.29. The van der Waals surface area contributed by atoms with Crippen LogP contribution in [0.15, 0.2) is 72.0 Å². The molecule has 26 heavy (non-hydrogen) atoms. The Bertz CT molecular complexity index is 1100. The van der Waals surface area contributed by atoms with Crippen molar-refractivity contribution in [2.24, 2.45) is 0 Å². The van der Waals surface area contributed by atoms with Crippen molar-refractivity contribution in [1.82, 2.24) is 19.3 Å². The molecule has 4 aromatic rings. The van der Waals surface area contributed by atoms with E-state index in [0.717, 1.165) is 29.3 Å². The fourth-order valence-corrected chi connectivity index (χ4v) is 2.80. The molecule has 5 nitrogen and oxygen atoms in total. The maximum atomic E-state index is 13.8. The van der Waals surface area contributed by atoms with Crippen LogP contribution in [0.5, 0.6) is 0 Å². The molecule has 0 bridgehead atoms. The number of rotatable bonds is 4. The van der Waals surface area contributed by atoms with Crippen LogP contribution in [0.25, 0.3) is 16.8 Å². The lowest BCUT2D eigenvalue weighted by molar-refractivity contribution is 0.574. The number of halogens is 2. The first-order valence-corrected chi connectivity index (χ1v) is 7.93. The molecule has 0 radical (unpaired) electrons. The van der Waals surface area contributed by atoms with Crippen LogP contribution in [0.2, 0.25) is 0 Å². The highest BCUT2D eigenvalue weighted by Gasteiger charge is 2.10. The molecule has 2 aromatic carbocycles. The fraction of sp³-hybridized carbons (Fsp3) is 0.0526. The summed E-state index contributed by atoms with van der Waals surface area (Å²) in [5.74, 6) is -1.08. The van der Waals surface area contributed by atoms with E-state index in [4.69, 9.17) is 0 Å². The first kappa shape index (κ1) is 16.0. The smallest absolute Gasteiger partial charge is 0.294 e. The highest BCUT2D eigenvalue weighted by atomic mass is 19.1. The predicted molar refractivity (Wildman–Crippen MR) is 93.1 cm³/mol. The summed E-state index contributed by atoms with van der Waals surface area (Å²) in [7, 11) is 0. The Balaban J connectivity index is 1.63. The Hall–Kier alpha value is -3.48. The lowest BCUT2D eigenvalue weighted by Gasteiger charge is -2.05. The molecule has 0 saturated heterocycles. The van der Waals surface area contributed by atoms with Crippen molar-refractivity contribution in [3.8, 4) is 16.8 Å². The van der Waals surface area contributed by atoms with Gasteiger partial charge in [-0.2, -0.15) is 5.10 Å². The minimum Gasteiger partial charge on any atom is -0.294 e. The number of nitrogens with zero attached hydrogens (tertiary/aromatic N) is 3. The van der Waals surface area contributed by atoms with Gasteiger partial charge in [0.05, 0.1) is 18.4 Å². The lowest BCUT2D eigenvalue weighted by Crippen LogP contribution is -2.23. The van der Waals surface area contributed by atoms with Crippen molar-refractivity contribution in [2.45, 2.75) is 6.54 Å². The van der Waals surface area contributed by atoms with Crippen LogP contribution in [0.4, 0.5) is 8.78 Å². The van der Waals surface area contributed by atoms with Gasteiger partial charge in [-0.3, -0.25) is 14.2 Å². The lowest BCUT2D eigenvalue weighted by atomic mass is 10.1. The molecule has 1 N–H and O–H groups in total. The zero-order valence-corrected chi connectivity index (χ0v) is 13.6. The first-order chi connectivity index (χ1) is 12.6. The molecule has 0 unspecified atom stereocenters. The van der Waals surface area contributed by atoms with Gasteiger partial charge >= 0.3 is 5.69 Å². The second kappa shape index (κ2) is 6.44. The van der Waals surface area contributed by atoms with E-state index >= 15 is 0 Å². The zero-order chi connectivity index (χ0) is 18.1. The average molecular weight is 352 g/mol. The standard InChI is InChI=1S/C19H14F2N4O/c20-16-3-6-18(21)14(9-16)12-24-7-8-25(19(24)26)17-4-1-13(2-5-17)15-10-22-23-11-15/h1-11H,12H2,(H,22,23). The number of benzene rings is 2. The van der Waals surface area contributed by atoms with Crippen molar-refractivity contribution >= 4 is 0 Å². The highest BCUT2D eigenvalue weighted by molar-refractivity contribution is 5.62. The highest BCUT2D eigenvalue weighted by Crippen LogP contribution is 2.19. The fourth-order valence-electron chi connectivity index (χ4n) is 2.80. The molecule has 2 aromatic heterocycles. The van der Waals surface area contributed by atoms with Crippen LogP contribution in [-0.2, 0) is 6.54 Å². The molecule has 130 valence electrons. The van der Waals surface area contributed by atoms with Gasteiger partial charge in [0.1, 0.15) is 11.6 Å². The first-order valence-electron chi connectivity index (χ1n) is 7.93. The van der Waals surface area contributed by atoms with E-state index in [-0.39, 0.29) is 17.8 Å². The van der Waals surface area contributed by atoms with Crippen molar-refractivity contribution in [1.29, 1.82) is 0 Å².